The Morgan fingerprint density at radius 1 is 1.23 bits per heavy atom. The van der Waals surface area contributed by atoms with Crippen molar-refractivity contribution < 1.29 is 9.72 Å². The third kappa shape index (κ3) is 4.93. The first-order valence-electron chi connectivity index (χ1n) is 8.19. The first-order valence-corrected chi connectivity index (χ1v) is 8.19. The van der Waals surface area contributed by atoms with Crippen molar-refractivity contribution in [2.24, 2.45) is 11.7 Å². The Hall–Kier alpha value is -2.64. The first kappa shape index (κ1) is 19.7. The number of nitro benzene ring substituents is 1. The van der Waals surface area contributed by atoms with E-state index < -0.39 is 4.92 Å². The summed E-state index contributed by atoms with van der Waals surface area (Å²) in [5.41, 5.74) is 7.12. The van der Waals surface area contributed by atoms with Crippen molar-refractivity contribution in [3.05, 3.63) is 64.2 Å². The van der Waals surface area contributed by atoms with Gasteiger partial charge in [0.05, 0.1) is 4.92 Å². The molecule has 1 saturated carbocycles. The number of nitrogens with one attached hydrogen (secondary N) is 2. The second-order valence-corrected chi connectivity index (χ2v) is 6.19. The number of para-hydroxylation sites is 1. The van der Waals surface area contributed by atoms with Gasteiger partial charge in [0.2, 0.25) is 0 Å². The van der Waals surface area contributed by atoms with Gasteiger partial charge in [-0.2, -0.15) is 0 Å². The Kier molecular flexibility index (Phi) is 6.54. The van der Waals surface area contributed by atoms with Crippen LogP contribution < -0.4 is 16.4 Å². The molecule has 1 amide bonds. The SMILES string of the molecule is Cl.NC(CNC(=O)c1ccc(Nc2ccccc2)c([N+](=O)[O-])c1)C1CC1. The van der Waals surface area contributed by atoms with E-state index in [1.54, 1.807) is 12.1 Å². The Morgan fingerprint density at radius 3 is 2.54 bits per heavy atom. The fourth-order valence-electron chi connectivity index (χ4n) is 2.61. The van der Waals surface area contributed by atoms with Crippen LogP contribution in [0.1, 0.15) is 23.2 Å². The molecule has 0 radical (unpaired) electrons. The summed E-state index contributed by atoms with van der Waals surface area (Å²) in [7, 11) is 0. The van der Waals surface area contributed by atoms with Crippen molar-refractivity contribution in [2.75, 3.05) is 11.9 Å². The van der Waals surface area contributed by atoms with E-state index in [2.05, 4.69) is 10.6 Å². The molecule has 1 unspecified atom stereocenters. The number of carbonyl (C=O) groups is 1. The van der Waals surface area contributed by atoms with E-state index in [0.29, 0.717) is 18.2 Å². The molecule has 8 heteroatoms. The summed E-state index contributed by atoms with van der Waals surface area (Å²) in [4.78, 5) is 23.1. The van der Waals surface area contributed by atoms with Gasteiger partial charge < -0.3 is 16.4 Å². The zero-order valence-electron chi connectivity index (χ0n) is 14.1. The predicted molar refractivity (Wildman–Crippen MR) is 103 cm³/mol. The molecule has 0 spiro atoms. The van der Waals surface area contributed by atoms with Crippen molar-refractivity contribution >= 4 is 35.4 Å². The number of nitrogens with two attached hydrogens (primary N) is 1. The molecule has 26 heavy (non-hydrogen) atoms. The monoisotopic (exact) mass is 376 g/mol. The van der Waals surface area contributed by atoms with Gasteiger partial charge in [-0.1, -0.05) is 18.2 Å². The molecule has 1 fully saturated rings. The summed E-state index contributed by atoms with van der Waals surface area (Å²) in [6.07, 6.45) is 2.20. The molecular weight excluding hydrogens is 356 g/mol. The number of rotatable bonds is 7. The topological polar surface area (TPSA) is 110 Å². The zero-order valence-corrected chi connectivity index (χ0v) is 14.9. The zero-order chi connectivity index (χ0) is 17.8. The molecule has 0 aromatic heterocycles. The summed E-state index contributed by atoms with van der Waals surface area (Å²) in [6.45, 7) is 0.376. The maximum absolute atomic E-state index is 12.2. The minimum atomic E-state index is -0.502. The number of hydrogen-bond donors (Lipinski definition) is 3. The Balaban J connectivity index is 0.00000243. The smallest absolute Gasteiger partial charge is 0.293 e. The molecule has 0 saturated heterocycles. The molecule has 1 atom stereocenters. The van der Waals surface area contributed by atoms with Crippen molar-refractivity contribution in [3.8, 4) is 0 Å². The largest absolute Gasteiger partial charge is 0.350 e. The summed E-state index contributed by atoms with van der Waals surface area (Å²) in [5.74, 6) is 0.123. The number of carbonyl (C=O) groups excluding carboxylic acids is 1. The standard InChI is InChI=1S/C18H20N4O3.ClH/c19-15(12-6-7-12)11-20-18(23)13-8-9-16(17(10-13)22(24)25)21-14-4-2-1-3-5-14;/h1-5,8-10,12,15,21H,6-7,11,19H2,(H,20,23);1H. The van der Waals surface area contributed by atoms with Crippen LogP contribution in [0, 0.1) is 16.0 Å². The average molecular weight is 377 g/mol. The second-order valence-electron chi connectivity index (χ2n) is 6.19. The van der Waals surface area contributed by atoms with Crippen molar-refractivity contribution in [1.82, 2.24) is 5.32 Å². The van der Waals surface area contributed by atoms with Crippen molar-refractivity contribution in [2.45, 2.75) is 18.9 Å². The fourth-order valence-corrected chi connectivity index (χ4v) is 2.61. The maximum Gasteiger partial charge on any atom is 0.293 e. The van der Waals surface area contributed by atoms with Gasteiger partial charge in [-0.25, -0.2) is 0 Å². The number of nitro groups is 1. The van der Waals surface area contributed by atoms with Crippen LogP contribution in [0.25, 0.3) is 0 Å². The van der Waals surface area contributed by atoms with Gasteiger partial charge in [0.25, 0.3) is 11.6 Å². The number of hydrogen-bond acceptors (Lipinski definition) is 5. The summed E-state index contributed by atoms with van der Waals surface area (Å²) < 4.78 is 0. The van der Waals surface area contributed by atoms with Crippen molar-refractivity contribution in [3.63, 3.8) is 0 Å². The maximum atomic E-state index is 12.2. The van der Waals surface area contributed by atoms with E-state index in [4.69, 9.17) is 5.73 Å². The molecule has 2 aromatic carbocycles. The highest BCUT2D eigenvalue weighted by Gasteiger charge is 2.28. The molecule has 0 heterocycles. The van der Waals surface area contributed by atoms with E-state index in [0.717, 1.165) is 18.5 Å². The molecule has 3 rings (SSSR count). The van der Waals surface area contributed by atoms with Crippen LogP contribution in [0.2, 0.25) is 0 Å². The van der Waals surface area contributed by atoms with E-state index >= 15 is 0 Å². The van der Waals surface area contributed by atoms with Gasteiger partial charge in [0.15, 0.2) is 0 Å². The number of nitrogens with zero attached hydrogens (tertiary/aromatic N) is 1. The molecule has 2 aromatic rings. The predicted octanol–water partition coefficient (Wildman–Crippen LogP) is 3.23. The highest BCUT2D eigenvalue weighted by molar-refractivity contribution is 5.96. The lowest BCUT2D eigenvalue weighted by atomic mass is 10.1. The first-order chi connectivity index (χ1) is 12.0. The van der Waals surface area contributed by atoms with Crippen LogP contribution in [0.5, 0.6) is 0 Å². The van der Waals surface area contributed by atoms with Gasteiger partial charge in [-0.15, -0.1) is 12.4 Å². The molecular formula is C18H21ClN4O3. The van der Waals surface area contributed by atoms with Gasteiger partial charge in [0, 0.05) is 29.9 Å². The third-order valence-electron chi connectivity index (χ3n) is 4.24. The normalized spacial score (nSPS) is 14.0. The van der Waals surface area contributed by atoms with Crippen LogP contribution >= 0.6 is 12.4 Å². The minimum absolute atomic E-state index is 0. The minimum Gasteiger partial charge on any atom is -0.350 e. The number of benzene rings is 2. The lowest BCUT2D eigenvalue weighted by Crippen LogP contribution is -2.38. The van der Waals surface area contributed by atoms with Crippen LogP contribution in [0.4, 0.5) is 17.1 Å². The quantitative estimate of drug-likeness (QED) is 0.507. The third-order valence-corrected chi connectivity index (χ3v) is 4.24. The lowest BCUT2D eigenvalue weighted by molar-refractivity contribution is -0.383. The molecule has 1 aliphatic rings. The van der Waals surface area contributed by atoms with Crippen LogP contribution in [-0.2, 0) is 0 Å². The van der Waals surface area contributed by atoms with E-state index in [1.165, 1.54) is 6.07 Å². The van der Waals surface area contributed by atoms with Crippen LogP contribution in [-0.4, -0.2) is 23.4 Å². The second kappa shape index (κ2) is 8.64. The summed E-state index contributed by atoms with van der Waals surface area (Å²) >= 11 is 0. The van der Waals surface area contributed by atoms with E-state index in [1.807, 2.05) is 30.3 Å². The molecule has 0 bridgehead atoms. The van der Waals surface area contributed by atoms with Crippen LogP contribution in [0.3, 0.4) is 0 Å². The molecule has 4 N–H and O–H groups in total. The fraction of sp³-hybridized carbons (Fsp3) is 0.278. The Bertz CT molecular complexity index is 781. The number of anilines is 2. The highest BCUT2D eigenvalue weighted by atomic mass is 35.5. The van der Waals surface area contributed by atoms with Crippen molar-refractivity contribution in [1.29, 1.82) is 0 Å². The number of amides is 1. The average Bonchev–Trinajstić information content (AvgIpc) is 3.45. The lowest BCUT2D eigenvalue weighted by Gasteiger charge is -2.12. The van der Waals surface area contributed by atoms with E-state index in [-0.39, 0.29) is 35.6 Å². The molecule has 138 valence electrons. The summed E-state index contributed by atoms with van der Waals surface area (Å²) in [6, 6.07) is 13.5. The molecule has 0 aliphatic heterocycles. The van der Waals surface area contributed by atoms with E-state index in [9.17, 15) is 14.9 Å². The van der Waals surface area contributed by atoms with Crippen LogP contribution in [0.15, 0.2) is 48.5 Å². The molecule has 7 nitrogen and oxygen atoms in total. The Labute approximate surface area is 157 Å². The Morgan fingerprint density at radius 2 is 1.92 bits per heavy atom. The number of halogens is 1. The van der Waals surface area contributed by atoms with Gasteiger partial charge in [0.1, 0.15) is 5.69 Å². The highest BCUT2D eigenvalue weighted by Crippen LogP contribution is 2.31. The van der Waals surface area contributed by atoms with Gasteiger partial charge in [-0.05, 0) is 43.0 Å². The van der Waals surface area contributed by atoms with Gasteiger partial charge >= 0.3 is 0 Å². The van der Waals surface area contributed by atoms with Gasteiger partial charge in [-0.3, -0.25) is 14.9 Å². The summed E-state index contributed by atoms with van der Waals surface area (Å²) in [5, 5.41) is 17.1. The molecule has 1 aliphatic carbocycles.